The van der Waals surface area contributed by atoms with Gasteiger partial charge in [0.1, 0.15) is 0 Å². The van der Waals surface area contributed by atoms with Gasteiger partial charge in [-0.25, -0.2) is 0 Å². The predicted octanol–water partition coefficient (Wildman–Crippen LogP) is 3.80. The Bertz CT molecular complexity index is 503. The van der Waals surface area contributed by atoms with E-state index in [1.54, 1.807) is 0 Å². The molecule has 2 N–H and O–H groups in total. The monoisotopic (exact) mass is 343 g/mol. The van der Waals surface area contributed by atoms with E-state index in [9.17, 15) is 0 Å². The van der Waals surface area contributed by atoms with Gasteiger partial charge in [-0.15, -0.1) is 0 Å². The van der Waals surface area contributed by atoms with Crippen molar-refractivity contribution < 1.29 is 0 Å². The molecular weight excluding hydrogens is 306 g/mol. The minimum absolute atomic E-state index is 0.537. The molecule has 1 heterocycles. The van der Waals surface area contributed by atoms with Gasteiger partial charge in [-0.2, -0.15) is 0 Å². The first kappa shape index (κ1) is 18.9. The molecule has 3 unspecified atom stereocenters. The fraction of sp³-hybridized carbons (Fsp3) is 0.727. The molecule has 3 nitrogen and oxygen atoms in total. The molecule has 3 heteroatoms. The normalized spacial score (nSPS) is 32.6. The van der Waals surface area contributed by atoms with Crippen LogP contribution in [-0.4, -0.2) is 43.2 Å². The van der Waals surface area contributed by atoms with Crippen LogP contribution in [0.2, 0.25) is 0 Å². The summed E-state index contributed by atoms with van der Waals surface area (Å²) in [7, 11) is 0. The van der Waals surface area contributed by atoms with Crippen molar-refractivity contribution >= 4 is 0 Å². The molecule has 0 bridgehead atoms. The number of rotatable bonds is 3. The molecule has 3 atom stereocenters. The molecule has 1 aliphatic heterocycles. The molecule has 1 saturated heterocycles. The maximum Gasteiger partial charge on any atom is 0.0234 e. The van der Waals surface area contributed by atoms with E-state index in [0.717, 1.165) is 19.6 Å². The molecule has 0 aromatic heterocycles. The highest BCUT2D eigenvalue weighted by Crippen LogP contribution is 2.38. The first-order valence-electron chi connectivity index (χ1n) is 10.4. The summed E-state index contributed by atoms with van der Waals surface area (Å²) in [6.45, 7) is 10.6. The fourth-order valence-electron chi connectivity index (χ4n) is 4.53. The summed E-state index contributed by atoms with van der Waals surface area (Å²) in [6.07, 6.45) is 7.91. The maximum absolute atomic E-state index is 3.89. The van der Waals surface area contributed by atoms with Crippen LogP contribution in [0.3, 0.4) is 0 Å². The van der Waals surface area contributed by atoms with Crippen molar-refractivity contribution in [1.82, 2.24) is 15.5 Å². The lowest BCUT2D eigenvalue weighted by Gasteiger charge is -2.43. The second-order valence-corrected chi connectivity index (χ2v) is 8.50. The van der Waals surface area contributed by atoms with Crippen molar-refractivity contribution in [3.63, 3.8) is 0 Å². The zero-order chi connectivity index (χ0) is 17.5. The molecule has 25 heavy (non-hydrogen) atoms. The minimum Gasteiger partial charge on any atom is -0.312 e. The van der Waals surface area contributed by atoms with Crippen molar-refractivity contribution in [2.24, 2.45) is 5.41 Å². The molecule has 3 rings (SSSR count). The second-order valence-electron chi connectivity index (χ2n) is 8.50. The molecule has 140 valence electrons. The summed E-state index contributed by atoms with van der Waals surface area (Å²) >= 11 is 0. The van der Waals surface area contributed by atoms with E-state index in [2.05, 4.69) is 59.7 Å². The molecule has 2 fully saturated rings. The molecule has 0 amide bonds. The van der Waals surface area contributed by atoms with Crippen LogP contribution in [0, 0.1) is 5.41 Å². The van der Waals surface area contributed by atoms with Crippen LogP contribution in [0.25, 0.3) is 0 Å². The Morgan fingerprint density at radius 3 is 2.64 bits per heavy atom. The van der Waals surface area contributed by atoms with E-state index in [-0.39, 0.29) is 0 Å². The molecule has 1 aromatic carbocycles. The fourth-order valence-corrected chi connectivity index (χ4v) is 4.53. The highest BCUT2D eigenvalue weighted by atomic mass is 15.1. The third-order valence-corrected chi connectivity index (χ3v) is 6.50. The quantitative estimate of drug-likeness (QED) is 0.874. The van der Waals surface area contributed by atoms with Crippen LogP contribution in [0.1, 0.15) is 57.9 Å². The highest BCUT2D eigenvalue weighted by Gasteiger charge is 2.36. The van der Waals surface area contributed by atoms with Gasteiger partial charge in [0.25, 0.3) is 0 Å². The van der Waals surface area contributed by atoms with Crippen molar-refractivity contribution in [3.05, 3.63) is 35.9 Å². The largest absolute Gasteiger partial charge is 0.312 e. The summed E-state index contributed by atoms with van der Waals surface area (Å²) in [5, 5.41) is 7.78. The van der Waals surface area contributed by atoms with Gasteiger partial charge in [-0.3, -0.25) is 4.90 Å². The Kier molecular flexibility index (Phi) is 6.92. The average molecular weight is 344 g/mol. The van der Waals surface area contributed by atoms with Crippen molar-refractivity contribution in [2.75, 3.05) is 26.2 Å². The van der Waals surface area contributed by atoms with Gasteiger partial charge in [0, 0.05) is 31.7 Å². The number of fused-ring (bicyclic) bond motifs is 1. The maximum atomic E-state index is 3.89. The van der Waals surface area contributed by atoms with Gasteiger partial charge < -0.3 is 10.6 Å². The Labute approximate surface area is 154 Å². The number of hydrogen-bond acceptors (Lipinski definition) is 3. The molecule has 1 aliphatic carbocycles. The Balaban J connectivity index is 1.57. The summed E-state index contributed by atoms with van der Waals surface area (Å²) in [4.78, 5) is 2.63. The Morgan fingerprint density at radius 1 is 1.04 bits per heavy atom. The van der Waals surface area contributed by atoms with Crippen LogP contribution >= 0.6 is 0 Å². The summed E-state index contributed by atoms with van der Waals surface area (Å²) < 4.78 is 0. The van der Waals surface area contributed by atoms with Crippen LogP contribution in [-0.2, 0) is 6.54 Å². The van der Waals surface area contributed by atoms with Crippen LogP contribution in [0.5, 0.6) is 0 Å². The smallest absolute Gasteiger partial charge is 0.0234 e. The first-order valence-corrected chi connectivity index (χ1v) is 10.4. The molecule has 0 spiro atoms. The number of benzene rings is 1. The number of nitrogens with one attached hydrogen (secondary N) is 2. The number of nitrogens with zero attached hydrogens (tertiary/aromatic N) is 1. The average Bonchev–Trinajstić information content (AvgIpc) is 2.67. The summed E-state index contributed by atoms with van der Waals surface area (Å²) in [5.74, 6) is 0. The van der Waals surface area contributed by atoms with Gasteiger partial charge in [0.05, 0.1) is 0 Å². The van der Waals surface area contributed by atoms with E-state index in [4.69, 9.17) is 0 Å². The van der Waals surface area contributed by atoms with Crippen LogP contribution < -0.4 is 10.6 Å². The topological polar surface area (TPSA) is 27.3 Å². The van der Waals surface area contributed by atoms with E-state index < -0.39 is 0 Å². The van der Waals surface area contributed by atoms with E-state index >= 15 is 0 Å². The second kappa shape index (κ2) is 9.16. The van der Waals surface area contributed by atoms with Crippen LogP contribution in [0.15, 0.2) is 30.3 Å². The van der Waals surface area contributed by atoms with Gasteiger partial charge in [-0.05, 0) is 56.2 Å². The van der Waals surface area contributed by atoms with Gasteiger partial charge in [0.15, 0.2) is 0 Å². The van der Waals surface area contributed by atoms with Crippen molar-refractivity contribution in [2.45, 2.75) is 71.0 Å². The molecule has 1 saturated carbocycles. The summed E-state index contributed by atoms with van der Waals surface area (Å²) in [6, 6.07) is 12.2. The van der Waals surface area contributed by atoms with E-state index in [1.165, 1.54) is 57.2 Å². The zero-order valence-electron chi connectivity index (χ0n) is 16.3. The lowest BCUT2D eigenvalue weighted by Crippen LogP contribution is -2.54. The predicted molar refractivity (Wildman–Crippen MR) is 107 cm³/mol. The van der Waals surface area contributed by atoms with Gasteiger partial charge >= 0.3 is 0 Å². The van der Waals surface area contributed by atoms with Crippen LogP contribution in [0.4, 0.5) is 0 Å². The summed E-state index contributed by atoms with van der Waals surface area (Å²) in [5.41, 5.74) is 1.97. The lowest BCUT2D eigenvalue weighted by atomic mass is 9.70. The van der Waals surface area contributed by atoms with E-state index in [1.807, 2.05) is 0 Å². The number of hydrogen-bond donors (Lipinski definition) is 2. The Morgan fingerprint density at radius 2 is 1.84 bits per heavy atom. The van der Waals surface area contributed by atoms with Gasteiger partial charge in [0.2, 0.25) is 0 Å². The molecule has 1 aromatic rings. The molecular formula is C22H37N3. The van der Waals surface area contributed by atoms with E-state index in [0.29, 0.717) is 17.5 Å². The lowest BCUT2D eigenvalue weighted by molar-refractivity contribution is 0.136. The SMILES string of the molecule is CCC1(C)CCC2NCCN(Cc3ccccc3)CCCCNC2C1. The third kappa shape index (κ3) is 5.54. The first-order chi connectivity index (χ1) is 12.2. The highest BCUT2D eigenvalue weighted by molar-refractivity contribution is 5.14. The zero-order valence-corrected chi connectivity index (χ0v) is 16.3. The standard InChI is InChI=1S/C22H37N3/c1-3-22(2)12-11-20-21(17-22)23-13-7-8-15-25(16-14-24-20)18-19-9-5-4-6-10-19/h4-6,9-10,20-21,23-24H,3,7-8,11-18H2,1-2H3. The minimum atomic E-state index is 0.537. The Hall–Kier alpha value is -0.900. The van der Waals surface area contributed by atoms with Gasteiger partial charge in [-0.1, -0.05) is 50.6 Å². The molecule has 0 radical (unpaired) electrons. The van der Waals surface area contributed by atoms with Crippen molar-refractivity contribution in [3.8, 4) is 0 Å². The molecule has 2 aliphatic rings. The third-order valence-electron chi connectivity index (χ3n) is 6.50. The van der Waals surface area contributed by atoms with Crippen molar-refractivity contribution in [1.29, 1.82) is 0 Å².